The van der Waals surface area contributed by atoms with Crippen LogP contribution in [0.25, 0.3) is 0 Å². The second-order valence-electron chi connectivity index (χ2n) is 2.98. The van der Waals surface area contributed by atoms with Crippen molar-refractivity contribution in [3.05, 3.63) is 0 Å². The van der Waals surface area contributed by atoms with E-state index >= 15 is 0 Å². The smallest absolute Gasteiger partial charge is 0.0678 e. The first-order valence-electron chi connectivity index (χ1n) is 3.52. The molecule has 1 saturated heterocycles. The molecule has 2 nitrogen and oxygen atoms in total. The van der Waals surface area contributed by atoms with Crippen molar-refractivity contribution in [2.75, 3.05) is 20.1 Å². The number of nitrogens with zero attached hydrogens (tertiary/aromatic N) is 1. The quantitative estimate of drug-likeness (QED) is 0.478. The topological polar surface area (TPSA) is 12.5 Å². The minimum absolute atomic E-state index is 0.416. The molecule has 2 heteroatoms. The van der Waals surface area contributed by atoms with Crippen LogP contribution in [0.3, 0.4) is 0 Å². The maximum Gasteiger partial charge on any atom is 0.0678 e. The molecular formula is C7H15NO. The van der Waals surface area contributed by atoms with Crippen molar-refractivity contribution < 1.29 is 4.74 Å². The summed E-state index contributed by atoms with van der Waals surface area (Å²) in [6.45, 7) is 6.38. The van der Waals surface area contributed by atoms with Crippen LogP contribution in [0, 0.1) is 0 Å². The predicted octanol–water partition coefficient (Wildman–Crippen LogP) is 0.725. The lowest BCUT2D eigenvalue weighted by Crippen LogP contribution is -2.42. The number of hydrogen-bond acceptors (Lipinski definition) is 2. The van der Waals surface area contributed by atoms with E-state index in [2.05, 4.69) is 25.8 Å². The molecule has 1 unspecified atom stereocenters. The van der Waals surface area contributed by atoms with Gasteiger partial charge in [0.25, 0.3) is 0 Å². The Kier molecular flexibility index (Phi) is 2.09. The predicted molar refractivity (Wildman–Crippen MR) is 37.5 cm³/mol. The van der Waals surface area contributed by atoms with E-state index in [1.165, 1.54) is 0 Å². The van der Waals surface area contributed by atoms with Gasteiger partial charge in [-0.15, -0.1) is 0 Å². The lowest BCUT2D eigenvalue weighted by Gasteiger charge is -2.32. The van der Waals surface area contributed by atoms with Crippen LogP contribution >= 0.6 is 0 Å². The first-order valence-corrected chi connectivity index (χ1v) is 3.52. The molecule has 2 atom stereocenters. The normalized spacial score (nSPS) is 39.0. The van der Waals surface area contributed by atoms with Crippen LogP contribution in [0.15, 0.2) is 0 Å². The fourth-order valence-corrected chi connectivity index (χ4v) is 1.44. The van der Waals surface area contributed by atoms with Crippen LogP contribution in [0.4, 0.5) is 0 Å². The molecule has 0 N–H and O–H groups in total. The lowest BCUT2D eigenvalue weighted by atomic mass is 10.2. The third-order valence-corrected chi connectivity index (χ3v) is 1.60. The molecule has 0 spiro atoms. The Morgan fingerprint density at radius 1 is 1.22 bits per heavy atom. The van der Waals surface area contributed by atoms with Gasteiger partial charge in [-0.25, -0.2) is 0 Å². The van der Waals surface area contributed by atoms with Crippen molar-refractivity contribution in [1.82, 2.24) is 4.90 Å². The van der Waals surface area contributed by atoms with Crippen LogP contribution in [0.1, 0.15) is 13.8 Å². The molecule has 0 bridgehead atoms. The number of ether oxygens (including phenoxy) is 1. The Bertz CT molecular complexity index is 69.9. The second kappa shape index (κ2) is 2.67. The summed E-state index contributed by atoms with van der Waals surface area (Å²) in [6.07, 6.45) is 0.831. The Morgan fingerprint density at radius 2 is 1.67 bits per heavy atom. The molecule has 1 heterocycles. The van der Waals surface area contributed by atoms with E-state index in [1.54, 1.807) is 0 Å². The Balaban J connectivity index is 2.34. The molecule has 0 saturated carbocycles. The Labute approximate surface area is 56.8 Å². The van der Waals surface area contributed by atoms with Crippen molar-refractivity contribution in [2.45, 2.75) is 26.1 Å². The number of rotatable bonds is 0. The first kappa shape index (κ1) is 7.03. The highest BCUT2D eigenvalue weighted by Gasteiger charge is 2.18. The highest BCUT2D eigenvalue weighted by atomic mass is 16.5. The zero-order chi connectivity index (χ0) is 6.85. The summed E-state index contributed by atoms with van der Waals surface area (Å²) in [4.78, 5) is 2.30. The summed E-state index contributed by atoms with van der Waals surface area (Å²) < 4.78 is 5.51. The standard InChI is InChI=1S/C7H15NO/c1-6-4-8(3)5-7(2)9-6/h6-7H,4-5H2,1-3H3/t6-,7?/m0/s1. The summed E-state index contributed by atoms with van der Waals surface area (Å²) in [5.74, 6) is 0. The molecule has 0 aromatic carbocycles. The van der Waals surface area contributed by atoms with Crippen molar-refractivity contribution in [3.8, 4) is 0 Å². The molecule has 0 aliphatic carbocycles. The van der Waals surface area contributed by atoms with E-state index < -0.39 is 0 Å². The van der Waals surface area contributed by atoms with E-state index in [9.17, 15) is 0 Å². The fourth-order valence-electron chi connectivity index (χ4n) is 1.44. The van der Waals surface area contributed by atoms with Gasteiger partial charge in [0.05, 0.1) is 12.2 Å². The molecule has 0 amide bonds. The first-order chi connectivity index (χ1) is 4.18. The molecule has 0 aromatic heterocycles. The van der Waals surface area contributed by atoms with Gasteiger partial charge in [0.2, 0.25) is 0 Å². The molecule has 0 radical (unpaired) electrons. The van der Waals surface area contributed by atoms with Crippen molar-refractivity contribution in [2.24, 2.45) is 0 Å². The lowest BCUT2D eigenvalue weighted by molar-refractivity contribution is -0.0602. The largest absolute Gasteiger partial charge is 0.373 e. The van der Waals surface area contributed by atoms with Crippen LogP contribution in [-0.4, -0.2) is 37.2 Å². The minimum atomic E-state index is 0.416. The molecular weight excluding hydrogens is 114 g/mol. The van der Waals surface area contributed by atoms with Gasteiger partial charge in [-0.2, -0.15) is 0 Å². The molecule has 1 aliphatic rings. The molecule has 9 heavy (non-hydrogen) atoms. The van der Waals surface area contributed by atoms with Gasteiger partial charge in [-0.3, -0.25) is 0 Å². The SMILES string of the molecule is CC1CN(C)C[C@H](C)O1. The van der Waals surface area contributed by atoms with Gasteiger partial charge in [-0.05, 0) is 20.9 Å². The zero-order valence-corrected chi connectivity index (χ0v) is 6.42. The molecule has 1 rings (SSSR count). The van der Waals surface area contributed by atoms with E-state index in [4.69, 9.17) is 4.74 Å². The van der Waals surface area contributed by atoms with Crippen LogP contribution in [0.2, 0.25) is 0 Å². The third kappa shape index (κ3) is 1.95. The van der Waals surface area contributed by atoms with Crippen LogP contribution in [-0.2, 0) is 4.74 Å². The maximum atomic E-state index is 5.51. The monoisotopic (exact) mass is 129 g/mol. The van der Waals surface area contributed by atoms with Gasteiger partial charge in [0, 0.05) is 13.1 Å². The molecule has 1 fully saturated rings. The highest BCUT2D eigenvalue weighted by Crippen LogP contribution is 2.07. The van der Waals surface area contributed by atoms with E-state index in [-0.39, 0.29) is 0 Å². The van der Waals surface area contributed by atoms with E-state index in [0.717, 1.165) is 13.1 Å². The fraction of sp³-hybridized carbons (Fsp3) is 1.00. The van der Waals surface area contributed by atoms with Crippen molar-refractivity contribution >= 4 is 0 Å². The van der Waals surface area contributed by atoms with Crippen molar-refractivity contribution in [1.29, 1.82) is 0 Å². The minimum Gasteiger partial charge on any atom is -0.373 e. The van der Waals surface area contributed by atoms with Crippen LogP contribution < -0.4 is 0 Å². The van der Waals surface area contributed by atoms with Crippen LogP contribution in [0.5, 0.6) is 0 Å². The maximum absolute atomic E-state index is 5.51. The summed E-state index contributed by atoms with van der Waals surface area (Å²) in [6, 6.07) is 0. The number of morpholine rings is 1. The average Bonchev–Trinajstić information content (AvgIpc) is 1.59. The van der Waals surface area contributed by atoms with Gasteiger partial charge >= 0.3 is 0 Å². The number of hydrogen-bond donors (Lipinski definition) is 0. The Hall–Kier alpha value is -0.0800. The van der Waals surface area contributed by atoms with E-state index in [1.807, 2.05) is 0 Å². The second-order valence-corrected chi connectivity index (χ2v) is 2.98. The highest BCUT2D eigenvalue weighted by molar-refractivity contribution is 4.69. The molecule has 0 aromatic rings. The summed E-state index contributed by atoms with van der Waals surface area (Å²) in [5.41, 5.74) is 0. The van der Waals surface area contributed by atoms with Gasteiger partial charge in [-0.1, -0.05) is 0 Å². The summed E-state index contributed by atoms with van der Waals surface area (Å²) in [7, 11) is 2.13. The molecule has 1 aliphatic heterocycles. The van der Waals surface area contributed by atoms with Gasteiger partial charge < -0.3 is 9.64 Å². The Morgan fingerprint density at radius 3 is 2.00 bits per heavy atom. The third-order valence-electron chi connectivity index (χ3n) is 1.60. The van der Waals surface area contributed by atoms with Crippen molar-refractivity contribution in [3.63, 3.8) is 0 Å². The summed E-state index contributed by atoms with van der Waals surface area (Å²) >= 11 is 0. The molecule has 54 valence electrons. The van der Waals surface area contributed by atoms with E-state index in [0.29, 0.717) is 12.2 Å². The summed E-state index contributed by atoms with van der Waals surface area (Å²) in [5, 5.41) is 0. The van der Waals surface area contributed by atoms with Gasteiger partial charge in [0.15, 0.2) is 0 Å². The number of likely N-dealkylation sites (N-methyl/N-ethyl adjacent to an activating group) is 1. The zero-order valence-electron chi connectivity index (χ0n) is 6.42. The average molecular weight is 129 g/mol. The van der Waals surface area contributed by atoms with Gasteiger partial charge in [0.1, 0.15) is 0 Å².